The summed E-state index contributed by atoms with van der Waals surface area (Å²) in [5, 5.41) is 14.0. The van der Waals surface area contributed by atoms with Gasteiger partial charge in [-0.25, -0.2) is 13.6 Å². The Morgan fingerprint density at radius 2 is 1.74 bits per heavy atom. The third kappa shape index (κ3) is 7.34. The van der Waals surface area contributed by atoms with Gasteiger partial charge >= 0.3 is 5.97 Å². The number of hydrogen-bond donors (Lipinski definition) is 1. The monoisotopic (exact) mass is 625 g/mol. The Morgan fingerprint density at radius 1 is 1.05 bits per heavy atom. The molecule has 0 aliphatic carbocycles. The summed E-state index contributed by atoms with van der Waals surface area (Å²) in [6, 6.07) is 14.0. The highest BCUT2D eigenvalue weighted by Gasteiger charge is 2.31. The largest absolute Gasteiger partial charge is 0.478 e. The van der Waals surface area contributed by atoms with E-state index in [4.69, 9.17) is 11.6 Å². The smallest absolute Gasteiger partial charge is 0.339 e. The van der Waals surface area contributed by atoms with Crippen LogP contribution in [0.2, 0.25) is 5.02 Å². The Labute approximate surface area is 256 Å². The van der Waals surface area contributed by atoms with E-state index in [1.54, 1.807) is 0 Å². The molecule has 1 aromatic heterocycles. The third-order valence-electron chi connectivity index (χ3n) is 7.85. The number of carbonyl (C=O) groups is 1. The van der Waals surface area contributed by atoms with Crippen molar-refractivity contribution in [1.29, 1.82) is 0 Å². The zero-order chi connectivity index (χ0) is 28.4. The number of carboxylic acids is 1. The van der Waals surface area contributed by atoms with Gasteiger partial charge in [-0.05, 0) is 48.6 Å². The number of aromatic nitrogens is 2. The zero-order valence-corrected chi connectivity index (χ0v) is 25.4. The van der Waals surface area contributed by atoms with Crippen molar-refractivity contribution in [3.05, 3.63) is 64.9 Å². The van der Waals surface area contributed by atoms with Crippen molar-refractivity contribution in [2.45, 2.75) is 39.2 Å². The Bertz CT molecular complexity index is 1330. The topological polar surface area (TPSA) is 96.3 Å². The van der Waals surface area contributed by atoms with Crippen LogP contribution in [0.25, 0.3) is 11.1 Å². The van der Waals surface area contributed by atoms with Crippen LogP contribution >= 0.6 is 24.0 Å². The van der Waals surface area contributed by atoms with Crippen molar-refractivity contribution in [3.63, 3.8) is 0 Å². The molecule has 0 saturated carbocycles. The maximum absolute atomic E-state index is 13.9. The first-order chi connectivity index (χ1) is 19.2. The first-order valence-electron chi connectivity index (χ1n) is 13.9. The Hall–Kier alpha value is -2.92. The number of piperazine rings is 1. The zero-order valence-electron chi connectivity index (χ0n) is 23.8. The molecule has 2 saturated heterocycles. The summed E-state index contributed by atoms with van der Waals surface area (Å²) in [6.45, 7) is 10.9. The molecule has 8 nitrogen and oxygen atoms in total. The first kappa shape index (κ1) is 33.6. The lowest BCUT2D eigenvalue weighted by atomic mass is 9.99. The predicted molar refractivity (Wildman–Crippen MR) is 166 cm³/mol. The van der Waals surface area contributed by atoms with Crippen LogP contribution < -0.4 is 9.80 Å². The number of benzene rings is 2. The fourth-order valence-electron chi connectivity index (χ4n) is 5.99. The van der Waals surface area contributed by atoms with Gasteiger partial charge < -0.3 is 20.4 Å². The molecule has 2 aromatic carbocycles. The van der Waals surface area contributed by atoms with E-state index in [2.05, 4.69) is 57.9 Å². The van der Waals surface area contributed by atoms with Crippen LogP contribution in [0.15, 0.2) is 48.7 Å². The predicted octanol–water partition coefficient (Wildman–Crippen LogP) is 6.06. The average molecular weight is 627 g/mol. The minimum atomic E-state index is -2.93. The molecule has 0 bridgehead atoms. The van der Waals surface area contributed by atoms with Gasteiger partial charge in [-0.1, -0.05) is 43.6 Å². The minimum Gasteiger partial charge on any atom is -0.478 e. The van der Waals surface area contributed by atoms with Crippen molar-refractivity contribution >= 4 is 41.4 Å². The number of nitrogens with zero attached hydrogens (tertiary/aromatic N) is 5. The summed E-state index contributed by atoms with van der Waals surface area (Å²) < 4.78 is 28.9. The molecule has 0 spiro atoms. The highest BCUT2D eigenvalue weighted by Crippen LogP contribution is 2.38. The Morgan fingerprint density at radius 3 is 2.36 bits per heavy atom. The number of aromatic carboxylic acids is 1. The molecule has 1 atom stereocenters. The van der Waals surface area contributed by atoms with Crippen LogP contribution in [0.4, 0.5) is 20.2 Å². The molecule has 3 heterocycles. The van der Waals surface area contributed by atoms with Crippen molar-refractivity contribution < 1.29 is 24.2 Å². The van der Waals surface area contributed by atoms with Gasteiger partial charge in [0, 0.05) is 67.8 Å². The van der Waals surface area contributed by atoms with Gasteiger partial charge in [-0.15, -0.1) is 12.4 Å². The van der Waals surface area contributed by atoms with E-state index < -0.39 is 23.7 Å². The quantitative estimate of drug-likeness (QED) is 0.327. The van der Waals surface area contributed by atoms with Gasteiger partial charge in [0.25, 0.3) is 6.43 Å². The maximum Gasteiger partial charge on any atom is 0.339 e. The molecule has 2 aliphatic heterocycles. The summed E-state index contributed by atoms with van der Waals surface area (Å²) in [5.41, 5.74) is 3.21. The van der Waals surface area contributed by atoms with Gasteiger partial charge in [0.2, 0.25) is 0 Å². The van der Waals surface area contributed by atoms with Gasteiger partial charge in [0.05, 0.1) is 12.2 Å². The molecule has 0 amide bonds. The third-order valence-corrected chi connectivity index (χ3v) is 8.09. The summed E-state index contributed by atoms with van der Waals surface area (Å²) >= 11 is 6.43. The van der Waals surface area contributed by atoms with E-state index in [1.165, 1.54) is 10.4 Å². The second-order valence-electron chi connectivity index (χ2n) is 11.1. The van der Waals surface area contributed by atoms with Crippen molar-refractivity contribution in [2.75, 3.05) is 55.6 Å². The molecule has 3 N–H and O–H groups in total. The summed E-state index contributed by atoms with van der Waals surface area (Å²) in [7, 11) is 0. The summed E-state index contributed by atoms with van der Waals surface area (Å²) in [4.78, 5) is 18.6. The van der Waals surface area contributed by atoms with Crippen molar-refractivity contribution in [3.8, 4) is 11.1 Å². The number of rotatable bonds is 8. The van der Waals surface area contributed by atoms with E-state index in [0.29, 0.717) is 23.9 Å². The molecule has 3 aromatic rings. The highest BCUT2D eigenvalue weighted by atomic mass is 35.5. The molecule has 12 heteroatoms. The van der Waals surface area contributed by atoms with E-state index >= 15 is 0 Å². The summed E-state index contributed by atoms with van der Waals surface area (Å²) in [6.07, 6.45) is -0.517. The molecule has 230 valence electrons. The minimum absolute atomic E-state index is 0. The fraction of sp³-hybridized carbons (Fsp3) is 0.467. The highest BCUT2D eigenvalue weighted by molar-refractivity contribution is 6.31. The van der Waals surface area contributed by atoms with Crippen LogP contribution in [0.1, 0.15) is 55.2 Å². The second kappa shape index (κ2) is 14.5. The van der Waals surface area contributed by atoms with Gasteiger partial charge in [0.15, 0.2) is 0 Å². The van der Waals surface area contributed by atoms with Crippen molar-refractivity contribution in [1.82, 2.24) is 14.7 Å². The van der Waals surface area contributed by atoms with Crippen molar-refractivity contribution in [2.24, 2.45) is 5.92 Å². The van der Waals surface area contributed by atoms with E-state index in [9.17, 15) is 18.7 Å². The lowest BCUT2D eigenvalue weighted by Gasteiger charge is -2.37. The number of piperidine rings is 1. The Balaban J connectivity index is 0.00000242. The van der Waals surface area contributed by atoms with E-state index in [0.717, 1.165) is 68.7 Å². The average Bonchev–Trinajstić information content (AvgIpc) is 3.40. The summed E-state index contributed by atoms with van der Waals surface area (Å²) in [5.74, 6) is -0.727. The molecule has 5 rings (SSSR count). The van der Waals surface area contributed by atoms with Gasteiger partial charge in [0.1, 0.15) is 11.3 Å². The standard InChI is InChI=1S/C30H36ClF2N5O2.ClH.H2O/c1-20(2)18-35-12-14-36(15-13-35)23-8-5-21(6-9-23)25-10-7-22(31)16-27(25)37-11-3-4-24(19-37)38-28(29(32)33)26(17-34-38)30(39)40;;/h5-10,16-17,20,24,29H,3-4,11-15,18-19H2,1-2H3,(H,39,40);1H;1H2. The van der Waals surface area contributed by atoms with Crippen LogP contribution in [0.5, 0.6) is 0 Å². The fourth-order valence-corrected chi connectivity index (χ4v) is 6.15. The number of hydrogen-bond acceptors (Lipinski definition) is 5. The first-order valence-corrected chi connectivity index (χ1v) is 14.3. The molecule has 2 fully saturated rings. The number of alkyl halides is 2. The van der Waals surface area contributed by atoms with Crippen LogP contribution in [-0.4, -0.2) is 77.0 Å². The second-order valence-corrected chi connectivity index (χ2v) is 11.6. The molecule has 42 heavy (non-hydrogen) atoms. The number of halogens is 4. The normalized spacial score (nSPS) is 17.7. The van der Waals surface area contributed by atoms with Crippen LogP contribution in [0, 0.1) is 5.92 Å². The van der Waals surface area contributed by atoms with Crippen LogP contribution in [-0.2, 0) is 0 Å². The molecular formula is C30H39Cl2F2N5O3. The molecule has 0 radical (unpaired) electrons. The Kier molecular flexibility index (Phi) is 11.6. The van der Waals surface area contributed by atoms with E-state index in [-0.39, 0.29) is 23.9 Å². The molecular weight excluding hydrogens is 587 g/mol. The SMILES string of the molecule is CC(C)CN1CCN(c2ccc(-c3ccc(Cl)cc3N3CCCC(n4ncc(C(=O)O)c4C(F)F)C3)cc2)CC1.Cl.O. The lowest BCUT2D eigenvalue weighted by molar-refractivity contribution is 0.0681. The lowest BCUT2D eigenvalue weighted by Crippen LogP contribution is -2.47. The number of carboxylic acid groups (broad SMARTS) is 1. The number of anilines is 2. The van der Waals surface area contributed by atoms with Gasteiger partial charge in [-0.2, -0.15) is 5.10 Å². The maximum atomic E-state index is 13.9. The van der Waals surface area contributed by atoms with Crippen LogP contribution in [0.3, 0.4) is 0 Å². The molecule has 2 aliphatic rings. The van der Waals surface area contributed by atoms with E-state index in [1.807, 2.05) is 18.2 Å². The van der Waals surface area contributed by atoms with Gasteiger partial charge in [-0.3, -0.25) is 9.58 Å². The molecule has 1 unspecified atom stereocenters.